The molecular formula is C29H38N4O5S. The Labute approximate surface area is 230 Å². The highest BCUT2D eigenvalue weighted by Gasteiger charge is 2.29. The molecule has 1 atom stereocenters. The van der Waals surface area contributed by atoms with Gasteiger partial charge in [0, 0.05) is 45.5 Å². The number of aryl methyl sites for hydroxylation is 2. The van der Waals surface area contributed by atoms with Gasteiger partial charge in [-0.2, -0.15) is 4.31 Å². The quantitative estimate of drug-likeness (QED) is 0.494. The highest BCUT2D eigenvalue weighted by Crippen LogP contribution is 2.28. The van der Waals surface area contributed by atoms with E-state index in [9.17, 15) is 18.0 Å². The van der Waals surface area contributed by atoms with Gasteiger partial charge in [0.25, 0.3) is 5.56 Å². The number of sulfonamides is 1. The third-order valence-corrected chi connectivity index (χ3v) is 9.26. The molecule has 1 aromatic heterocycles. The van der Waals surface area contributed by atoms with Gasteiger partial charge in [-0.05, 0) is 57.3 Å². The first-order valence-corrected chi connectivity index (χ1v) is 14.7. The van der Waals surface area contributed by atoms with Crippen LogP contribution in [0.25, 0.3) is 0 Å². The normalized spacial score (nSPS) is 18.6. The van der Waals surface area contributed by atoms with E-state index in [1.54, 1.807) is 0 Å². The molecule has 0 bridgehead atoms. The van der Waals surface area contributed by atoms with Crippen molar-refractivity contribution in [2.45, 2.75) is 43.5 Å². The van der Waals surface area contributed by atoms with Gasteiger partial charge in [0.2, 0.25) is 10.0 Å². The predicted octanol–water partition coefficient (Wildman–Crippen LogP) is 2.86. The molecular weight excluding hydrogens is 516 g/mol. The molecule has 39 heavy (non-hydrogen) atoms. The third-order valence-electron chi connectivity index (χ3n) is 7.38. The van der Waals surface area contributed by atoms with Crippen LogP contribution in [0.5, 0.6) is 5.75 Å². The summed E-state index contributed by atoms with van der Waals surface area (Å²) in [5.41, 5.74) is 2.00. The highest BCUT2D eigenvalue weighted by atomic mass is 32.2. The Morgan fingerprint density at radius 1 is 0.923 bits per heavy atom. The lowest BCUT2D eigenvalue weighted by molar-refractivity contribution is 0.252. The summed E-state index contributed by atoms with van der Waals surface area (Å²) in [6.07, 6.45) is 3.46. The van der Waals surface area contributed by atoms with Crippen LogP contribution in [0.2, 0.25) is 0 Å². The van der Waals surface area contributed by atoms with Gasteiger partial charge >= 0.3 is 5.69 Å². The Kier molecular flexibility index (Phi) is 9.09. The topological polar surface area (TPSA) is 93.9 Å². The predicted molar refractivity (Wildman–Crippen MR) is 152 cm³/mol. The molecule has 0 amide bonds. The SMILES string of the molecule is Cc1ccc2c(c1)CN(C)CCC(c1ccccc1)CCCN(S(=O)(=O)c1cn(C)c(=O)n(C)c1=O)CCO2. The van der Waals surface area contributed by atoms with Gasteiger partial charge in [-0.1, -0.05) is 48.0 Å². The summed E-state index contributed by atoms with van der Waals surface area (Å²) < 4.78 is 36.9. The molecule has 1 unspecified atom stereocenters. The number of ether oxygens (including phenoxy) is 1. The van der Waals surface area contributed by atoms with E-state index in [0.717, 1.165) is 51.6 Å². The minimum Gasteiger partial charge on any atom is -0.492 e. The van der Waals surface area contributed by atoms with Crippen molar-refractivity contribution in [3.8, 4) is 5.75 Å². The summed E-state index contributed by atoms with van der Waals surface area (Å²) in [7, 11) is 0.656. The molecule has 2 aromatic carbocycles. The van der Waals surface area contributed by atoms with E-state index in [-0.39, 0.29) is 25.6 Å². The summed E-state index contributed by atoms with van der Waals surface area (Å²) in [4.78, 5) is 26.9. The molecule has 0 saturated heterocycles. The van der Waals surface area contributed by atoms with Crippen molar-refractivity contribution in [1.29, 1.82) is 0 Å². The Balaban J connectivity index is 1.69. The third kappa shape index (κ3) is 6.69. The van der Waals surface area contributed by atoms with Crippen LogP contribution in [-0.4, -0.2) is 60.0 Å². The van der Waals surface area contributed by atoms with Crippen LogP contribution < -0.4 is 16.0 Å². The number of hydrogen-bond acceptors (Lipinski definition) is 6. The number of aromatic nitrogens is 2. The summed E-state index contributed by atoms with van der Waals surface area (Å²) >= 11 is 0. The largest absolute Gasteiger partial charge is 0.492 e. The first-order chi connectivity index (χ1) is 18.6. The number of rotatable bonds is 3. The van der Waals surface area contributed by atoms with Crippen molar-refractivity contribution in [1.82, 2.24) is 18.3 Å². The standard InChI is InChI=1S/C29H38N4O5S/c1-22-12-13-26-25(19-22)20-30(2)16-14-24(23-9-6-5-7-10-23)11-8-15-33(17-18-38-26)39(36,37)27-21-31(3)29(35)32(4)28(27)34/h5-7,9-10,12-13,19,21,24H,8,11,14-18,20H2,1-4H3. The van der Waals surface area contributed by atoms with Crippen LogP contribution in [0.15, 0.2) is 69.2 Å². The average molecular weight is 555 g/mol. The van der Waals surface area contributed by atoms with Gasteiger partial charge in [-0.15, -0.1) is 0 Å². The lowest BCUT2D eigenvalue weighted by Crippen LogP contribution is -2.44. The lowest BCUT2D eigenvalue weighted by Gasteiger charge is -2.27. The monoisotopic (exact) mass is 554 g/mol. The fourth-order valence-corrected chi connectivity index (χ4v) is 6.75. The van der Waals surface area contributed by atoms with E-state index in [1.807, 2.05) is 37.3 Å². The maximum atomic E-state index is 13.8. The molecule has 0 radical (unpaired) electrons. The molecule has 0 fully saturated rings. The van der Waals surface area contributed by atoms with Gasteiger partial charge in [0.1, 0.15) is 12.4 Å². The summed E-state index contributed by atoms with van der Waals surface area (Å²) in [6.45, 7) is 4.08. The van der Waals surface area contributed by atoms with Crippen molar-refractivity contribution < 1.29 is 13.2 Å². The summed E-state index contributed by atoms with van der Waals surface area (Å²) in [6, 6.07) is 16.3. The molecule has 2 heterocycles. The van der Waals surface area contributed by atoms with E-state index >= 15 is 0 Å². The van der Waals surface area contributed by atoms with Crippen LogP contribution in [0.3, 0.4) is 0 Å². The van der Waals surface area contributed by atoms with E-state index in [0.29, 0.717) is 13.0 Å². The Morgan fingerprint density at radius 2 is 1.67 bits per heavy atom. The molecule has 210 valence electrons. The molecule has 0 N–H and O–H groups in total. The first kappa shape index (κ1) is 28.8. The number of hydrogen-bond donors (Lipinski definition) is 0. The average Bonchev–Trinajstić information content (AvgIpc) is 2.91. The maximum absolute atomic E-state index is 13.8. The van der Waals surface area contributed by atoms with Gasteiger partial charge in [0.15, 0.2) is 4.90 Å². The van der Waals surface area contributed by atoms with Crippen LogP contribution in [0, 0.1) is 6.92 Å². The van der Waals surface area contributed by atoms with Crippen LogP contribution >= 0.6 is 0 Å². The molecule has 1 aliphatic rings. The Bertz CT molecular complexity index is 1510. The second-order valence-corrected chi connectivity index (χ2v) is 12.3. The molecule has 4 rings (SSSR count). The molecule has 10 heteroatoms. The van der Waals surface area contributed by atoms with Gasteiger partial charge < -0.3 is 14.2 Å². The van der Waals surface area contributed by atoms with Gasteiger partial charge in [-0.25, -0.2) is 13.2 Å². The van der Waals surface area contributed by atoms with E-state index in [4.69, 9.17) is 4.74 Å². The Hall–Kier alpha value is -3.21. The molecule has 9 nitrogen and oxygen atoms in total. The zero-order valence-electron chi connectivity index (χ0n) is 23.2. The van der Waals surface area contributed by atoms with Crippen molar-refractivity contribution in [3.63, 3.8) is 0 Å². The zero-order valence-corrected chi connectivity index (χ0v) is 24.0. The number of fused-ring (bicyclic) bond motifs is 1. The van der Waals surface area contributed by atoms with Crippen molar-refractivity contribution in [3.05, 3.63) is 92.3 Å². The maximum Gasteiger partial charge on any atom is 0.330 e. The van der Waals surface area contributed by atoms with Crippen LogP contribution in [-0.2, 0) is 30.7 Å². The highest BCUT2D eigenvalue weighted by molar-refractivity contribution is 7.89. The lowest BCUT2D eigenvalue weighted by atomic mass is 9.91. The second kappa shape index (κ2) is 12.3. The van der Waals surface area contributed by atoms with Crippen molar-refractivity contribution in [2.75, 3.05) is 33.3 Å². The first-order valence-electron chi connectivity index (χ1n) is 13.3. The number of benzene rings is 2. The molecule has 0 aliphatic carbocycles. The fraction of sp³-hybridized carbons (Fsp3) is 0.448. The second-order valence-electron chi connectivity index (χ2n) is 10.4. The minimum atomic E-state index is -4.18. The van der Waals surface area contributed by atoms with Gasteiger partial charge in [-0.3, -0.25) is 9.36 Å². The van der Waals surface area contributed by atoms with E-state index in [1.165, 1.54) is 24.0 Å². The van der Waals surface area contributed by atoms with E-state index in [2.05, 4.69) is 30.1 Å². The summed E-state index contributed by atoms with van der Waals surface area (Å²) in [5, 5.41) is 0. The van der Waals surface area contributed by atoms with Crippen molar-refractivity contribution >= 4 is 10.0 Å². The van der Waals surface area contributed by atoms with Crippen LogP contribution in [0.4, 0.5) is 0 Å². The van der Waals surface area contributed by atoms with Gasteiger partial charge in [0.05, 0.1) is 0 Å². The van der Waals surface area contributed by atoms with E-state index < -0.39 is 26.2 Å². The summed E-state index contributed by atoms with van der Waals surface area (Å²) in [5.74, 6) is 0.985. The molecule has 3 aromatic rings. The smallest absolute Gasteiger partial charge is 0.330 e. The fourth-order valence-electron chi connectivity index (χ4n) is 5.14. The Morgan fingerprint density at radius 3 is 2.41 bits per heavy atom. The molecule has 0 saturated carbocycles. The van der Waals surface area contributed by atoms with Crippen molar-refractivity contribution in [2.24, 2.45) is 14.1 Å². The molecule has 0 spiro atoms. The van der Waals surface area contributed by atoms with Crippen LogP contribution in [0.1, 0.15) is 41.9 Å². The zero-order chi connectivity index (χ0) is 28.2. The minimum absolute atomic E-state index is 0.0769. The number of nitrogens with zero attached hydrogens (tertiary/aromatic N) is 4. The molecule has 1 aliphatic heterocycles.